The maximum Gasteiger partial charge on any atom is 0.0971 e. The van der Waals surface area contributed by atoms with E-state index in [1.54, 1.807) is 25.8 Å². The van der Waals surface area contributed by atoms with E-state index in [0.29, 0.717) is 5.71 Å². The van der Waals surface area contributed by atoms with Crippen LogP contribution in [0.3, 0.4) is 0 Å². The number of oxime groups is 1. The largest absolute Gasteiger partial charge is 0.411 e. The molecule has 0 radical (unpaired) electrons. The summed E-state index contributed by atoms with van der Waals surface area (Å²) in [6.45, 7) is 3.25. The zero-order chi connectivity index (χ0) is 17.7. The summed E-state index contributed by atoms with van der Waals surface area (Å²) in [5, 5.41) is 12.1. The lowest BCUT2D eigenvalue weighted by Gasteiger charge is -2.36. The van der Waals surface area contributed by atoms with E-state index in [4.69, 9.17) is 14.7 Å². The van der Waals surface area contributed by atoms with Gasteiger partial charge in [-0.15, -0.1) is 0 Å². The number of methoxy groups -OCH3 is 1. The van der Waals surface area contributed by atoms with Crippen LogP contribution in [-0.2, 0) is 15.1 Å². The van der Waals surface area contributed by atoms with Crippen molar-refractivity contribution < 1.29 is 14.7 Å². The van der Waals surface area contributed by atoms with E-state index in [0.717, 1.165) is 36.5 Å². The highest BCUT2D eigenvalue weighted by Gasteiger charge is 2.34. The molecule has 4 nitrogen and oxygen atoms in total. The van der Waals surface area contributed by atoms with Gasteiger partial charge in [0.05, 0.1) is 11.3 Å². The van der Waals surface area contributed by atoms with Crippen LogP contribution in [0.4, 0.5) is 0 Å². The molecule has 1 heterocycles. The van der Waals surface area contributed by atoms with Crippen LogP contribution in [-0.4, -0.2) is 31.2 Å². The lowest BCUT2D eigenvalue weighted by Crippen LogP contribution is -2.35. The smallest absolute Gasteiger partial charge is 0.0971 e. The van der Waals surface area contributed by atoms with Crippen LogP contribution < -0.4 is 0 Å². The van der Waals surface area contributed by atoms with Crippen molar-refractivity contribution in [3.8, 4) is 0 Å². The van der Waals surface area contributed by atoms with Crippen molar-refractivity contribution in [2.75, 3.05) is 20.3 Å². The van der Waals surface area contributed by atoms with Crippen LogP contribution in [0.1, 0.15) is 30.9 Å². The Bertz CT molecular complexity index is 737. The van der Waals surface area contributed by atoms with Crippen molar-refractivity contribution in [2.45, 2.75) is 35.2 Å². The summed E-state index contributed by atoms with van der Waals surface area (Å²) in [5.74, 6) is 0. The van der Waals surface area contributed by atoms with Gasteiger partial charge in [0.15, 0.2) is 0 Å². The van der Waals surface area contributed by atoms with Crippen molar-refractivity contribution in [1.29, 1.82) is 0 Å². The molecule has 1 fully saturated rings. The van der Waals surface area contributed by atoms with E-state index >= 15 is 0 Å². The van der Waals surface area contributed by atoms with Gasteiger partial charge in [0, 0.05) is 43.0 Å². The number of hydrogen-bond donors (Lipinski definition) is 1. The van der Waals surface area contributed by atoms with E-state index in [1.807, 2.05) is 24.3 Å². The first kappa shape index (κ1) is 18.0. The predicted octanol–water partition coefficient (Wildman–Crippen LogP) is 4.69. The third kappa shape index (κ3) is 4.06. The Kier molecular flexibility index (Phi) is 5.78. The number of rotatable bonds is 5. The van der Waals surface area contributed by atoms with Crippen LogP contribution in [0.2, 0.25) is 0 Å². The number of ether oxygens (including phenoxy) is 2. The molecule has 132 valence electrons. The topological polar surface area (TPSA) is 51.0 Å². The van der Waals surface area contributed by atoms with Crippen LogP contribution in [0, 0.1) is 0 Å². The average Bonchev–Trinajstić information content (AvgIpc) is 2.68. The van der Waals surface area contributed by atoms with Crippen LogP contribution in [0.5, 0.6) is 0 Å². The van der Waals surface area contributed by atoms with Crippen molar-refractivity contribution in [3.05, 3.63) is 59.7 Å². The summed E-state index contributed by atoms with van der Waals surface area (Å²) in [6.07, 6.45) is 1.76. The zero-order valence-electron chi connectivity index (χ0n) is 14.6. The van der Waals surface area contributed by atoms with Gasteiger partial charge in [-0.1, -0.05) is 41.2 Å². The molecule has 1 aliphatic rings. The minimum absolute atomic E-state index is 0.243. The van der Waals surface area contributed by atoms with Gasteiger partial charge in [-0.3, -0.25) is 0 Å². The zero-order valence-corrected chi connectivity index (χ0v) is 15.4. The lowest BCUT2D eigenvalue weighted by atomic mass is 9.86. The number of nitrogens with zero attached hydrogens (tertiary/aromatic N) is 1. The molecular weight excluding hydrogens is 334 g/mol. The molecule has 0 bridgehead atoms. The predicted molar refractivity (Wildman–Crippen MR) is 99.7 cm³/mol. The van der Waals surface area contributed by atoms with E-state index in [-0.39, 0.29) is 5.60 Å². The molecule has 0 saturated carbocycles. The minimum atomic E-state index is -0.243. The Morgan fingerprint density at radius 3 is 2.48 bits per heavy atom. The number of benzene rings is 2. The van der Waals surface area contributed by atoms with E-state index in [2.05, 4.69) is 29.4 Å². The third-order valence-corrected chi connectivity index (χ3v) is 5.71. The SMILES string of the molecule is COC1(c2cccc(Sc3ccc(/C(C)=N\O)cc3)c2)CCOCC1. The quantitative estimate of drug-likeness (QED) is 0.479. The van der Waals surface area contributed by atoms with Crippen molar-refractivity contribution in [1.82, 2.24) is 0 Å². The normalized spacial score (nSPS) is 17.4. The molecule has 0 aromatic heterocycles. The van der Waals surface area contributed by atoms with Crippen LogP contribution in [0.25, 0.3) is 0 Å². The van der Waals surface area contributed by atoms with Crippen LogP contribution >= 0.6 is 11.8 Å². The minimum Gasteiger partial charge on any atom is -0.411 e. The summed E-state index contributed by atoms with van der Waals surface area (Å²) < 4.78 is 11.4. The maximum absolute atomic E-state index is 8.86. The molecule has 3 rings (SSSR count). The van der Waals surface area contributed by atoms with Gasteiger partial charge in [-0.2, -0.15) is 0 Å². The molecule has 1 saturated heterocycles. The molecule has 2 aromatic rings. The third-order valence-electron chi connectivity index (χ3n) is 4.71. The Balaban J connectivity index is 1.80. The van der Waals surface area contributed by atoms with E-state index in [1.165, 1.54) is 10.5 Å². The highest BCUT2D eigenvalue weighted by Crippen LogP contribution is 2.38. The molecule has 0 atom stereocenters. The molecule has 0 aliphatic carbocycles. The average molecular weight is 357 g/mol. The van der Waals surface area contributed by atoms with Gasteiger partial charge in [-0.25, -0.2) is 0 Å². The first-order valence-corrected chi connectivity index (χ1v) is 9.19. The van der Waals surface area contributed by atoms with E-state index < -0.39 is 0 Å². The Hall–Kier alpha value is -1.82. The fourth-order valence-electron chi connectivity index (χ4n) is 3.11. The monoisotopic (exact) mass is 357 g/mol. The van der Waals surface area contributed by atoms with Gasteiger partial charge in [0.1, 0.15) is 0 Å². The summed E-state index contributed by atoms with van der Waals surface area (Å²) in [6, 6.07) is 16.6. The van der Waals surface area contributed by atoms with Gasteiger partial charge in [0.2, 0.25) is 0 Å². The standard InChI is InChI=1S/C20H23NO3S/c1-15(21-22)16-6-8-18(9-7-16)25-19-5-3-4-17(14-19)20(23-2)10-12-24-13-11-20/h3-9,14,22H,10-13H2,1-2H3/b21-15-. The molecule has 1 aliphatic heterocycles. The molecule has 0 unspecified atom stereocenters. The van der Waals surface area contributed by atoms with E-state index in [9.17, 15) is 0 Å². The second-order valence-corrected chi connectivity index (χ2v) is 7.30. The maximum atomic E-state index is 8.86. The fourth-order valence-corrected chi connectivity index (χ4v) is 3.99. The van der Waals surface area contributed by atoms with Crippen molar-refractivity contribution >= 4 is 17.5 Å². The van der Waals surface area contributed by atoms with Gasteiger partial charge in [-0.05, 0) is 42.3 Å². The van der Waals surface area contributed by atoms with Crippen molar-refractivity contribution in [3.63, 3.8) is 0 Å². The summed E-state index contributed by atoms with van der Waals surface area (Å²) >= 11 is 1.71. The highest BCUT2D eigenvalue weighted by atomic mass is 32.2. The molecule has 25 heavy (non-hydrogen) atoms. The summed E-state index contributed by atoms with van der Waals surface area (Å²) in [7, 11) is 1.79. The molecule has 0 amide bonds. The second-order valence-electron chi connectivity index (χ2n) is 6.15. The van der Waals surface area contributed by atoms with Crippen LogP contribution in [0.15, 0.2) is 63.5 Å². The van der Waals surface area contributed by atoms with Gasteiger partial charge in [0.25, 0.3) is 0 Å². The first-order valence-electron chi connectivity index (χ1n) is 8.37. The Morgan fingerprint density at radius 1 is 1.12 bits per heavy atom. The second kappa shape index (κ2) is 8.04. The number of hydrogen-bond acceptors (Lipinski definition) is 5. The summed E-state index contributed by atoms with van der Waals surface area (Å²) in [4.78, 5) is 2.32. The fraction of sp³-hybridized carbons (Fsp3) is 0.350. The first-order chi connectivity index (χ1) is 12.2. The Labute approximate surface area is 152 Å². The molecule has 2 aromatic carbocycles. The molecule has 0 spiro atoms. The van der Waals surface area contributed by atoms with Gasteiger partial charge < -0.3 is 14.7 Å². The van der Waals surface area contributed by atoms with Crippen molar-refractivity contribution in [2.24, 2.45) is 5.16 Å². The van der Waals surface area contributed by atoms with Gasteiger partial charge >= 0.3 is 0 Å². The molecule has 1 N–H and O–H groups in total. The Morgan fingerprint density at radius 2 is 1.84 bits per heavy atom. The molecule has 5 heteroatoms. The lowest BCUT2D eigenvalue weighted by molar-refractivity contribution is -0.0948. The highest BCUT2D eigenvalue weighted by molar-refractivity contribution is 7.99. The summed E-state index contributed by atoms with van der Waals surface area (Å²) in [5.41, 5.74) is 2.50. The molecular formula is C20H23NO3S.